The van der Waals surface area contributed by atoms with Crippen molar-refractivity contribution in [2.24, 2.45) is 0 Å². The van der Waals surface area contributed by atoms with Crippen LogP contribution in [-0.4, -0.2) is 31.4 Å². The molecule has 5 rings (SSSR count). The van der Waals surface area contributed by atoms with E-state index in [9.17, 15) is 69.3 Å². The molecule has 0 bridgehead atoms. The molecule has 0 saturated heterocycles. The summed E-state index contributed by atoms with van der Waals surface area (Å²) >= 11 is 0. The highest BCUT2D eigenvalue weighted by molar-refractivity contribution is 6.14. The third kappa shape index (κ3) is 6.01. The fraction of sp³-hybridized carbons (Fsp3) is 0.161. The number of allylic oxidation sites excluding steroid dienone is 2. The third-order valence-corrected chi connectivity index (χ3v) is 7.11. The maximum Gasteiger partial charge on any atom is 0.573 e. The van der Waals surface area contributed by atoms with Crippen LogP contribution < -0.4 is 14.2 Å². The molecule has 2 aliphatic rings. The molecule has 0 radical (unpaired) electrons. The Bertz CT molecular complexity index is 2000. The van der Waals surface area contributed by atoms with Crippen molar-refractivity contribution in [3.8, 4) is 63.8 Å². The van der Waals surface area contributed by atoms with Crippen LogP contribution in [0.2, 0.25) is 0 Å². The van der Waals surface area contributed by atoms with E-state index in [1.165, 1.54) is 24.3 Å². The van der Waals surface area contributed by atoms with Crippen molar-refractivity contribution in [2.75, 3.05) is 6.61 Å². The third-order valence-electron chi connectivity index (χ3n) is 7.11. The summed E-state index contributed by atoms with van der Waals surface area (Å²) in [7, 11) is 0. The number of benzene rings is 3. The van der Waals surface area contributed by atoms with Crippen LogP contribution in [0, 0.1) is 45.3 Å². The molecule has 0 heterocycles. The number of halogens is 11. The Balaban J connectivity index is 1.93. The van der Waals surface area contributed by atoms with E-state index >= 15 is 0 Å². The number of fused-ring (bicyclic) bond motifs is 6. The molecule has 3 aromatic carbocycles. The zero-order valence-electron chi connectivity index (χ0n) is 23.4. The molecule has 0 N–H and O–H groups in total. The minimum Gasteiger partial charge on any atom is -0.486 e. The quantitative estimate of drug-likeness (QED) is 0.133. The normalized spacial score (nSPS) is 13.1. The number of nitriles is 4. The predicted molar refractivity (Wildman–Crippen MR) is 142 cm³/mol. The maximum absolute atomic E-state index is 14.3. The van der Waals surface area contributed by atoms with Crippen molar-refractivity contribution in [3.63, 3.8) is 0 Å². The highest BCUT2D eigenvalue weighted by Gasteiger charge is 2.58. The first kappa shape index (κ1) is 34.1. The van der Waals surface area contributed by atoms with Crippen molar-refractivity contribution in [1.29, 1.82) is 21.0 Å². The van der Waals surface area contributed by atoms with Crippen LogP contribution in [0.5, 0.6) is 17.2 Å². The van der Waals surface area contributed by atoms with E-state index in [2.05, 4.69) is 9.47 Å². The van der Waals surface area contributed by atoms with Gasteiger partial charge in [0.25, 0.3) is 0 Å². The summed E-state index contributed by atoms with van der Waals surface area (Å²) in [5.74, 6) is -8.15. The minimum atomic E-state index is -6.16. The second-order valence-corrected chi connectivity index (χ2v) is 10.00. The van der Waals surface area contributed by atoms with Gasteiger partial charge in [0.15, 0.2) is 6.61 Å². The van der Waals surface area contributed by atoms with Crippen LogP contribution in [0.1, 0.15) is 22.3 Å². The van der Waals surface area contributed by atoms with E-state index in [1.54, 1.807) is 0 Å². The highest BCUT2D eigenvalue weighted by atomic mass is 19.4. The standard InChI is InChI=1S/C31H9F11N4O3/c32-28(33,29(34,35)36)12-47-27-25-17-3-1-15(48-30(37,38)39)5-19(17)23(13(8-43)9-44)21(25)7-22-24(14(10-45)11-46)20-6-16(49-31(40,41)42)2-4-18(20)26(22)27/h1-7H,12H2. The van der Waals surface area contributed by atoms with Gasteiger partial charge in [0.1, 0.15) is 52.7 Å². The summed E-state index contributed by atoms with van der Waals surface area (Å²) in [6.07, 6.45) is -16.6. The Morgan fingerprint density at radius 3 is 1.24 bits per heavy atom. The van der Waals surface area contributed by atoms with Crippen LogP contribution in [0.15, 0.2) is 53.6 Å². The number of alkyl halides is 11. The van der Waals surface area contributed by atoms with E-state index in [4.69, 9.17) is 4.74 Å². The minimum absolute atomic E-state index is 0.243. The van der Waals surface area contributed by atoms with Crippen LogP contribution in [0.25, 0.3) is 33.4 Å². The second-order valence-electron chi connectivity index (χ2n) is 10.00. The van der Waals surface area contributed by atoms with Gasteiger partial charge in [-0.1, -0.05) is 0 Å². The predicted octanol–water partition coefficient (Wildman–Crippen LogP) is 8.72. The van der Waals surface area contributed by atoms with Crippen LogP contribution in [0.4, 0.5) is 48.3 Å². The summed E-state index contributed by atoms with van der Waals surface area (Å²) in [6, 6.07) is 11.8. The largest absolute Gasteiger partial charge is 0.573 e. The van der Waals surface area contributed by atoms with Crippen LogP contribution in [-0.2, 0) is 0 Å². The number of hydrogen-bond donors (Lipinski definition) is 0. The molecule has 18 heteroatoms. The zero-order valence-corrected chi connectivity index (χ0v) is 23.4. The summed E-state index contributed by atoms with van der Waals surface area (Å²) < 4.78 is 160. The van der Waals surface area contributed by atoms with Gasteiger partial charge in [0.05, 0.1) is 0 Å². The molecule has 0 atom stereocenters. The summed E-state index contributed by atoms with van der Waals surface area (Å²) in [5.41, 5.74) is -5.28. The average Bonchev–Trinajstić information content (AvgIpc) is 3.47. The first-order valence-electron chi connectivity index (χ1n) is 12.9. The fourth-order valence-electron chi connectivity index (χ4n) is 5.37. The van der Waals surface area contributed by atoms with Crippen LogP contribution >= 0.6 is 0 Å². The summed E-state index contributed by atoms with van der Waals surface area (Å²) in [5, 5.41) is 39.0. The van der Waals surface area contributed by atoms with Crippen molar-refractivity contribution in [2.45, 2.75) is 24.8 Å². The molecule has 2 aliphatic carbocycles. The second kappa shape index (κ2) is 11.5. The first-order valence-corrected chi connectivity index (χ1v) is 12.9. The average molecular weight is 694 g/mol. The summed E-state index contributed by atoms with van der Waals surface area (Å²) in [4.78, 5) is 0. The Morgan fingerprint density at radius 2 is 0.918 bits per heavy atom. The van der Waals surface area contributed by atoms with E-state index in [0.717, 1.165) is 30.3 Å². The van der Waals surface area contributed by atoms with Crippen molar-refractivity contribution < 1.29 is 62.5 Å². The molecule has 0 amide bonds. The summed E-state index contributed by atoms with van der Waals surface area (Å²) in [6.45, 7) is -2.40. The molecule has 49 heavy (non-hydrogen) atoms. The maximum atomic E-state index is 14.3. The van der Waals surface area contributed by atoms with Gasteiger partial charge in [-0.2, -0.15) is 43.0 Å². The lowest BCUT2D eigenvalue weighted by Gasteiger charge is -2.23. The molecule has 3 aromatic rings. The molecular formula is C31H9F11N4O3. The Morgan fingerprint density at radius 1 is 0.531 bits per heavy atom. The van der Waals surface area contributed by atoms with Crippen molar-refractivity contribution in [1.82, 2.24) is 0 Å². The van der Waals surface area contributed by atoms with Gasteiger partial charge >= 0.3 is 24.8 Å². The van der Waals surface area contributed by atoms with E-state index in [0.29, 0.717) is 12.1 Å². The van der Waals surface area contributed by atoms with Gasteiger partial charge in [-0.3, -0.25) is 0 Å². The molecule has 0 aliphatic heterocycles. The highest BCUT2D eigenvalue weighted by Crippen LogP contribution is 2.60. The lowest BCUT2D eigenvalue weighted by molar-refractivity contribution is -0.289. The monoisotopic (exact) mass is 694 g/mol. The van der Waals surface area contributed by atoms with Gasteiger partial charge in [-0.25, -0.2) is 0 Å². The molecule has 0 fully saturated rings. The topological polar surface area (TPSA) is 123 Å². The molecule has 0 aromatic heterocycles. The molecule has 248 valence electrons. The van der Waals surface area contributed by atoms with Gasteiger partial charge in [0, 0.05) is 22.3 Å². The Labute approximate surface area is 266 Å². The molecule has 0 saturated carbocycles. The number of rotatable bonds is 5. The first-order chi connectivity index (χ1) is 22.7. The SMILES string of the molecule is N#CC(C#N)=C1c2cc(OC(F)(F)F)ccc2-c2c1cc1c(c2OCC(F)(F)C(F)(F)F)-c2ccc(OC(F)(F)F)cc2C1=C(C#N)C#N. The van der Waals surface area contributed by atoms with Gasteiger partial charge in [-0.05, 0) is 75.8 Å². The molecule has 0 spiro atoms. The fourth-order valence-corrected chi connectivity index (χ4v) is 5.37. The zero-order chi connectivity index (χ0) is 36.3. The van der Waals surface area contributed by atoms with E-state index in [1.807, 2.05) is 0 Å². The van der Waals surface area contributed by atoms with Crippen LogP contribution in [0.3, 0.4) is 0 Å². The van der Waals surface area contributed by atoms with Crippen molar-refractivity contribution >= 4 is 11.1 Å². The number of hydrogen-bond acceptors (Lipinski definition) is 7. The van der Waals surface area contributed by atoms with E-state index < -0.39 is 82.1 Å². The number of nitrogens with zero attached hydrogens (tertiary/aromatic N) is 4. The Hall–Kier alpha value is -6.27. The molecular weight excluding hydrogens is 685 g/mol. The Kier molecular flexibility index (Phi) is 7.97. The lowest BCUT2D eigenvalue weighted by atomic mass is 9.92. The number of ether oxygens (including phenoxy) is 3. The van der Waals surface area contributed by atoms with Gasteiger partial charge in [0.2, 0.25) is 0 Å². The van der Waals surface area contributed by atoms with E-state index in [-0.39, 0.29) is 33.4 Å². The van der Waals surface area contributed by atoms with Crippen molar-refractivity contribution in [3.05, 3.63) is 75.9 Å². The van der Waals surface area contributed by atoms with Gasteiger partial charge < -0.3 is 14.2 Å². The van der Waals surface area contributed by atoms with Gasteiger partial charge in [-0.15, -0.1) is 26.3 Å². The lowest BCUT2D eigenvalue weighted by Crippen LogP contribution is -2.41. The molecule has 7 nitrogen and oxygen atoms in total. The smallest absolute Gasteiger partial charge is 0.486 e. The molecule has 0 unspecified atom stereocenters.